The summed E-state index contributed by atoms with van der Waals surface area (Å²) in [6.07, 6.45) is 0. The molecule has 26 heavy (non-hydrogen) atoms. The summed E-state index contributed by atoms with van der Waals surface area (Å²) in [5, 5.41) is 21.8. The molecule has 0 saturated heterocycles. The summed E-state index contributed by atoms with van der Waals surface area (Å²) in [5.74, 6) is -0.641. The molecule has 0 aliphatic heterocycles. The van der Waals surface area contributed by atoms with Gasteiger partial charge in [0.05, 0.1) is 16.9 Å². The molecule has 0 heterocycles. The highest BCUT2D eigenvalue weighted by molar-refractivity contribution is 6.00. The Kier molecular flexibility index (Phi) is 5.47. The van der Waals surface area contributed by atoms with Gasteiger partial charge in [-0.1, -0.05) is 48.5 Å². The van der Waals surface area contributed by atoms with Gasteiger partial charge in [0.25, 0.3) is 0 Å². The number of carbonyl (C=O) groups is 1. The van der Waals surface area contributed by atoms with Gasteiger partial charge in [-0.2, -0.15) is 5.10 Å². The Labute approximate surface area is 150 Å². The standard InChI is InChI=1S/C20H16N4O2/c25-20(26)16-13-11-15(12-14-16)19(23-21-17-7-3-1-4-8-17)24-22-18-9-5-2-6-10-18/h1-14,21H,(H,25,26)/b23-19-,24-22?. The number of azo groups is 1. The van der Waals surface area contributed by atoms with Gasteiger partial charge in [0.15, 0.2) is 0 Å². The number of nitrogens with zero attached hydrogens (tertiary/aromatic N) is 3. The number of hydrazone groups is 1. The number of benzene rings is 3. The average Bonchev–Trinajstić information content (AvgIpc) is 2.70. The van der Waals surface area contributed by atoms with Crippen LogP contribution in [0.5, 0.6) is 0 Å². The molecule has 3 aromatic rings. The smallest absolute Gasteiger partial charge is 0.335 e. The number of rotatable bonds is 5. The van der Waals surface area contributed by atoms with Crippen molar-refractivity contribution < 1.29 is 9.90 Å². The highest BCUT2D eigenvalue weighted by Crippen LogP contribution is 2.14. The molecule has 0 atom stereocenters. The lowest BCUT2D eigenvalue weighted by molar-refractivity contribution is 0.0697. The van der Waals surface area contributed by atoms with Crippen molar-refractivity contribution in [3.05, 3.63) is 96.1 Å². The first-order chi connectivity index (χ1) is 12.7. The zero-order valence-corrected chi connectivity index (χ0v) is 13.8. The molecule has 0 spiro atoms. The first kappa shape index (κ1) is 17.0. The van der Waals surface area contributed by atoms with Crippen molar-refractivity contribution in [1.29, 1.82) is 0 Å². The Balaban J connectivity index is 1.90. The Morgan fingerprint density at radius 3 is 1.96 bits per heavy atom. The van der Waals surface area contributed by atoms with Gasteiger partial charge in [-0.15, -0.1) is 10.2 Å². The molecule has 0 fully saturated rings. The van der Waals surface area contributed by atoms with Crippen molar-refractivity contribution in [3.8, 4) is 0 Å². The topological polar surface area (TPSA) is 86.4 Å². The van der Waals surface area contributed by atoms with Crippen molar-refractivity contribution in [3.63, 3.8) is 0 Å². The number of amidine groups is 1. The van der Waals surface area contributed by atoms with Crippen LogP contribution in [0.1, 0.15) is 15.9 Å². The van der Waals surface area contributed by atoms with E-state index in [2.05, 4.69) is 20.8 Å². The van der Waals surface area contributed by atoms with Crippen LogP contribution in [0.4, 0.5) is 11.4 Å². The minimum Gasteiger partial charge on any atom is -0.478 e. The highest BCUT2D eigenvalue weighted by Gasteiger charge is 2.06. The lowest BCUT2D eigenvalue weighted by Gasteiger charge is -2.04. The van der Waals surface area contributed by atoms with Gasteiger partial charge in [0, 0.05) is 5.56 Å². The van der Waals surface area contributed by atoms with Crippen molar-refractivity contribution in [2.75, 3.05) is 5.43 Å². The van der Waals surface area contributed by atoms with Crippen LogP contribution in [-0.4, -0.2) is 16.9 Å². The van der Waals surface area contributed by atoms with Gasteiger partial charge < -0.3 is 5.11 Å². The number of hydrogen-bond donors (Lipinski definition) is 2. The highest BCUT2D eigenvalue weighted by atomic mass is 16.4. The number of para-hydroxylation sites is 1. The third kappa shape index (κ3) is 4.61. The van der Waals surface area contributed by atoms with Crippen LogP contribution in [0.3, 0.4) is 0 Å². The normalized spacial score (nSPS) is 11.5. The summed E-state index contributed by atoms with van der Waals surface area (Å²) in [6, 6.07) is 25.1. The van der Waals surface area contributed by atoms with Gasteiger partial charge in [-0.05, 0) is 36.4 Å². The molecule has 0 aromatic heterocycles. The van der Waals surface area contributed by atoms with Crippen LogP contribution >= 0.6 is 0 Å². The van der Waals surface area contributed by atoms with E-state index < -0.39 is 5.97 Å². The van der Waals surface area contributed by atoms with Crippen molar-refractivity contribution in [2.24, 2.45) is 15.3 Å². The summed E-state index contributed by atoms with van der Waals surface area (Å²) >= 11 is 0. The van der Waals surface area contributed by atoms with E-state index in [1.165, 1.54) is 12.1 Å². The van der Waals surface area contributed by atoms with E-state index in [1.54, 1.807) is 12.1 Å². The van der Waals surface area contributed by atoms with E-state index in [1.807, 2.05) is 60.7 Å². The first-order valence-corrected chi connectivity index (χ1v) is 7.91. The van der Waals surface area contributed by atoms with Crippen molar-refractivity contribution in [2.45, 2.75) is 0 Å². The number of carboxylic acids is 1. The number of carboxylic acid groups (broad SMARTS) is 1. The monoisotopic (exact) mass is 344 g/mol. The Morgan fingerprint density at radius 2 is 1.35 bits per heavy atom. The molecular formula is C20H16N4O2. The fraction of sp³-hybridized carbons (Fsp3) is 0. The molecule has 0 bridgehead atoms. The zero-order chi connectivity index (χ0) is 18.2. The molecule has 3 rings (SSSR count). The minimum atomic E-state index is -0.983. The fourth-order valence-corrected chi connectivity index (χ4v) is 2.14. The van der Waals surface area contributed by atoms with Gasteiger partial charge in [0.1, 0.15) is 0 Å². The number of anilines is 1. The maximum Gasteiger partial charge on any atom is 0.335 e. The van der Waals surface area contributed by atoms with Crippen LogP contribution in [-0.2, 0) is 0 Å². The molecule has 6 heteroatoms. The second-order valence-corrected chi connectivity index (χ2v) is 5.33. The molecule has 0 radical (unpaired) electrons. The quantitative estimate of drug-likeness (QED) is 0.297. The van der Waals surface area contributed by atoms with E-state index in [0.29, 0.717) is 17.1 Å². The molecule has 0 amide bonds. The number of nitrogens with one attached hydrogen (secondary N) is 1. The Morgan fingerprint density at radius 1 is 0.769 bits per heavy atom. The van der Waals surface area contributed by atoms with E-state index in [4.69, 9.17) is 5.11 Å². The molecule has 0 saturated carbocycles. The van der Waals surface area contributed by atoms with E-state index in [0.717, 1.165) is 5.69 Å². The Hall–Kier alpha value is -3.80. The Bertz CT molecular complexity index is 921. The van der Waals surface area contributed by atoms with Gasteiger partial charge in [0.2, 0.25) is 5.84 Å². The maximum atomic E-state index is 11.0. The fourth-order valence-electron chi connectivity index (χ4n) is 2.14. The van der Waals surface area contributed by atoms with Crippen LogP contribution in [0, 0.1) is 0 Å². The molecule has 3 aromatic carbocycles. The molecular weight excluding hydrogens is 328 g/mol. The molecule has 128 valence electrons. The third-order valence-corrected chi connectivity index (χ3v) is 3.47. The first-order valence-electron chi connectivity index (χ1n) is 7.91. The average molecular weight is 344 g/mol. The van der Waals surface area contributed by atoms with E-state index >= 15 is 0 Å². The van der Waals surface area contributed by atoms with E-state index in [9.17, 15) is 4.79 Å². The molecule has 0 aliphatic rings. The number of hydrogen-bond acceptors (Lipinski definition) is 4. The predicted molar refractivity (Wildman–Crippen MR) is 101 cm³/mol. The second kappa shape index (κ2) is 8.34. The molecule has 0 aliphatic carbocycles. The zero-order valence-electron chi connectivity index (χ0n) is 13.8. The maximum absolute atomic E-state index is 11.0. The lowest BCUT2D eigenvalue weighted by atomic mass is 10.1. The van der Waals surface area contributed by atoms with Crippen LogP contribution in [0.2, 0.25) is 0 Å². The van der Waals surface area contributed by atoms with Crippen molar-refractivity contribution >= 4 is 23.2 Å². The van der Waals surface area contributed by atoms with Gasteiger partial charge in [-0.25, -0.2) is 4.79 Å². The SMILES string of the molecule is O=C(O)c1ccc(/C(N=Nc2ccccc2)=N/Nc2ccccc2)cc1. The summed E-state index contributed by atoms with van der Waals surface area (Å²) in [4.78, 5) is 11.0. The van der Waals surface area contributed by atoms with Gasteiger partial charge in [-0.3, -0.25) is 5.43 Å². The summed E-state index contributed by atoms with van der Waals surface area (Å²) in [5.41, 5.74) is 5.29. The molecule has 6 nitrogen and oxygen atoms in total. The van der Waals surface area contributed by atoms with Crippen LogP contribution in [0.25, 0.3) is 0 Å². The second-order valence-electron chi connectivity index (χ2n) is 5.33. The van der Waals surface area contributed by atoms with Crippen LogP contribution < -0.4 is 5.43 Å². The number of aromatic carboxylic acids is 1. The predicted octanol–water partition coefficient (Wildman–Crippen LogP) is 4.94. The largest absolute Gasteiger partial charge is 0.478 e. The third-order valence-electron chi connectivity index (χ3n) is 3.47. The molecule has 0 unspecified atom stereocenters. The lowest BCUT2D eigenvalue weighted by Crippen LogP contribution is -2.03. The summed E-state index contributed by atoms with van der Waals surface area (Å²) in [6.45, 7) is 0. The van der Waals surface area contributed by atoms with Crippen LogP contribution in [0.15, 0.2) is 100 Å². The van der Waals surface area contributed by atoms with Crippen molar-refractivity contribution in [1.82, 2.24) is 0 Å². The summed E-state index contributed by atoms with van der Waals surface area (Å²) < 4.78 is 0. The molecule has 2 N–H and O–H groups in total. The summed E-state index contributed by atoms with van der Waals surface area (Å²) in [7, 11) is 0. The van der Waals surface area contributed by atoms with Gasteiger partial charge >= 0.3 is 5.97 Å². The van der Waals surface area contributed by atoms with E-state index in [-0.39, 0.29) is 5.56 Å². The minimum absolute atomic E-state index is 0.198.